The lowest BCUT2D eigenvalue weighted by atomic mass is 10.1. The first-order valence-corrected chi connectivity index (χ1v) is 8.80. The Morgan fingerprint density at radius 2 is 2.19 bits per heavy atom. The van der Waals surface area contributed by atoms with E-state index in [-0.39, 0.29) is 18.2 Å². The minimum absolute atomic E-state index is 0.00806. The molecule has 1 amide bonds. The van der Waals surface area contributed by atoms with Gasteiger partial charge in [-0.2, -0.15) is 5.10 Å². The second kappa shape index (κ2) is 7.16. The highest BCUT2D eigenvalue weighted by Gasteiger charge is 2.24. The molecule has 9 nitrogen and oxygen atoms in total. The molecule has 1 N–H and O–H groups in total. The van der Waals surface area contributed by atoms with Gasteiger partial charge in [-0.3, -0.25) is 9.59 Å². The summed E-state index contributed by atoms with van der Waals surface area (Å²) in [5.41, 5.74) is 0.354. The van der Waals surface area contributed by atoms with Crippen LogP contribution in [0.2, 0.25) is 0 Å². The molecule has 3 rings (SSSR count). The van der Waals surface area contributed by atoms with Crippen molar-refractivity contribution in [1.82, 2.24) is 34.6 Å². The third kappa shape index (κ3) is 3.54. The van der Waals surface area contributed by atoms with Crippen molar-refractivity contribution in [3.05, 3.63) is 56.2 Å². The van der Waals surface area contributed by atoms with Crippen molar-refractivity contribution >= 4 is 17.2 Å². The lowest BCUT2D eigenvalue weighted by molar-refractivity contribution is 0.0737. The molecule has 3 heterocycles. The minimum Gasteiger partial charge on any atom is -0.333 e. The van der Waals surface area contributed by atoms with E-state index < -0.39 is 11.5 Å². The molecule has 0 unspecified atom stereocenters. The first kappa shape index (κ1) is 17.9. The van der Waals surface area contributed by atoms with Gasteiger partial charge >= 0.3 is 0 Å². The van der Waals surface area contributed by atoms with E-state index in [0.717, 1.165) is 15.6 Å². The van der Waals surface area contributed by atoms with Crippen LogP contribution in [0.3, 0.4) is 0 Å². The van der Waals surface area contributed by atoms with E-state index >= 15 is 0 Å². The molecule has 0 aliphatic carbocycles. The number of thiazole rings is 1. The van der Waals surface area contributed by atoms with Gasteiger partial charge < -0.3 is 9.88 Å². The van der Waals surface area contributed by atoms with Crippen molar-refractivity contribution in [2.45, 2.75) is 33.4 Å². The molecule has 0 aliphatic heterocycles. The van der Waals surface area contributed by atoms with Gasteiger partial charge in [0.15, 0.2) is 0 Å². The van der Waals surface area contributed by atoms with E-state index in [2.05, 4.69) is 25.0 Å². The Morgan fingerprint density at radius 1 is 1.42 bits per heavy atom. The number of nitrogens with one attached hydrogen (secondary N) is 1. The van der Waals surface area contributed by atoms with Gasteiger partial charge in [-0.15, -0.1) is 11.3 Å². The number of amides is 1. The maximum Gasteiger partial charge on any atom is 0.263 e. The van der Waals surface area contributed by atoms with Gasteiger partial charge in [-0.25, -0.2) is 19.6 Å². The Labute approximate surface area is 153 Å². The quantitative estimate of drug-likeness (QED) is 0.722. The normalized spacial score (nSPS) is 12.2. The number of H-pyrrole nitrogens is 1. The van der Waals surface area contributed by atoms with Gasteiger partial charge in [0.2, 0.25) is 0 Å². The van der Waals surface area contributed by atoms with Crippen LogP contribution in [0.4, 0.5) is 0 Å². The molecular formula is C16H19N7O2S. The lowest BCUT2D eigenvalue weighted by Gasteiger charge is -2.24. The second-order valence-electron chi connectivity index (χ2n) is 5.93. The van der Waals surface area contributed by atoms with E-state index in [1.807, 2.05) is 20.8 Å². The number of nitrogens with zero attached hydrogens (tertiary/aromatic N) is 6. The van der Waals surface area contributed by atoms with Crippen molar-refractivity contribution in [3.63, 3.8) is 0 Å². The van der Waals surface area contributed by atoms with Crippen LogP contribution >= 0.6 is 11.3 Å². The predicted molar refractivity (Wildman–Crippen MR) is 96.1 cm³/mol. The van der Waals surface area contributed by atoms with Gasteiger partial charge in [-0.05, 0) is 20.8 Å². The molecule has 10 heteroatoms. The van der Waals surface area contributed by atoms with E-state index in [9.17, 15) is 9.59 Å². The van der Waals surface area contributed by atoms with Crippen LogP contribution in [0.1, 0.15) is 44.7 Å². The number of carbonyl (C=O) groups excluding carboxylic acids is 1. The van der Waals surface area contributed by atoms with Crippen LogP contribution in [0.25, 0.3) is 0 Å². The van der Waals surface area contributed by atoms with Gasteiger partial charge in [-0.1, -0.05) is 0 Å². The fourth-order valence-electron chi connectivity index (χ4n) is 2.61. The summed E-state index contributed by atoms with van der Waals surface area (Å²) in [6, 6.07) is -0.248. The molecule has 0 aromatic carbocycles. The first-order chi connectivity index (χ1) is 12.4. The summed E-state index contributed by atoms with van der Waals surface area (Å²) in [6.07, 6.45) is 4.22. The third-order valence-electron chi connectivity index (χ3n) is 4.10. The minimum atomic E-state index is -0.481. The van der Waals surface area contributed by atoms with Gasteiger partial charge in [0.05, 0.1) is 16.7 Å². The summed E-state index contributed by atoms with van der Waals surface area (Å²) >= 11 is 1.59. The summed E-state index contributed by atoms with van der Waals surface area (Å²) < 4.78 is 1.53. The summed E-state index contributed by atoms with van der Waals surface area (Å²) in [6.45, 7) is 6.06. The number of hydrogen-bond donors (Lipinski definition) is 1. The Bertz CT molecular complexity index is 977. The molecule has 136 valence electrons. The fraction of sp³-hybridized carbons (Fsp3) is 0.375. The Hall–Kier alpha value is -2.88. The monoisotopic (exact) mass is 373 g/mol. The Morgan fingerprint density at radius 3 is 2.77 bits per heavy atom. The topological polar surface area (TPSA) is 110 Å². The van der Waals surface area contributed by atoms with Crippen LogP contribution in [0.15, 0.2) is 23.6 Å². The molecule has 0 saturated heterocycles. The van der Waals surface area contributed by atoms with Crippen LogP contribution in [0, 0.1) is 13.8 Å². The Kier molecular flexibility index (Phi) is 4.94. The Balaban J connectivity index is 1.80. The molecular weight excluding hydrogens is 354 g/mol. The molecule has 1 atom stereocenters. The molecule has 0 saturated carbocycles. The summed E-state index contributed by atoms with van der Waals surface area (Å²) in [7, 11) is 1.66. The van der Waals surface area contributed by atoms with Gasteiger partial charge in [0.25, 0.3) is 11.5 Å². The molecule has 0 spiro atoms. The summed E-state index contributed by atoms with van der Waals surface area (Å²) in [4.78, 5) is 42.8. The van der Waals surface area contributed by atoms with Crippen molar-refractivity contribution in [3.8, 4) is 0 Å². The second-order valence-corrected chi connectivity index (χ2v) is 7.34. The molecule has 26 heavy (non-hydrogen) atoms. The van der Waals surface area contributed by atoms with Gasteiger partial charge in [0.1, 0.15) is 30.6 Å². The smallest absolute Gasteiger partial charge is 0.263 e. The van der Waals surface area contributed by atoms with Crippen molar-refractivity contribution in [1.29, 1.82) is 0 Å². The molecule has 3 aromatic rings. The number of hydrogen-bond acceptors (Lipinski definition) is 7. The fourth-order valence-corrected chi connectivity index (χ4v) is 3.52. The van der Waals surface area contributed by atoms with Crippen LogP contribution < -0.4 is 5.56 Å². The van der Waals surface area contributed by atoms with E-state index in [1.54, 1.807) is 18.4 Å². The highest BCUT2D eigenvalue weighted by molar-refractivity contribution is 7.11. The maximum atomic E-state index is 12.7. The zero-order chi connectivity index (χ0) is 18.8. The van der Waals surface area contributed by atoms with Crippen LogP contribution in [-0.4, -0.2) is 47.6 Å². The first-order valence-electron chi connectivity index (χ1n) is 7.98. The van der Waals surface area contributed by atoms with E-state index in [4.69, 9.17) is 0 Å². The van der Waals surface area contributed by atoms with E-state index in [0.29, 0.717) is 5.82 Å². The SMILES string of the molecule is Cc1nc([C@H](C)N(C)C(=O)c2cnc(Cn3cncn3)[nH]c2=O)c(C)s1. The standard InChI is InChI=1S/C16H19N7O2S/c1-9(14-10(2)26-11(3)20-14)22(4)16(25)12-5-18-13(21-15(12)24)6-23-8-17-7-19-23/h5,7-9H,6H2,1-4H3,(H,18,21,24)/t9-/m0/s1. The molecule has 3 aromatic heterocycles. The average molecular weight is 373 g/mol. The van der Waals surface area contributed by atoms with Crippen LogP contribution in [-0.2, 0) is 6.54 Å². The maximum absolute atomic E-state index is 12.7. The molecule has 0 bridgehead atoms. The third-order valence-corrected chi connectivity index (χ3v) is 5.00. The summed E-state index contributed by atoms with van der Waals surface area (Å²) in [5.74, 6) is 0.00216. The van der Waals surface area contributed by atoms with Crippen LogP contribution in [0.5, 0.6) is 0 Å². The number of aromatic nitrogens is 6. The zero-order valence-corrected chi connectivity index (χ0v) is 15.7. The largest absolute Gasteiger partial charge is 0.333 e. The number of rotatable bonds is 5. The highest BCUT2D eigenvalue weighted by atomic mass is 32.1. The highest BCUT2D eigenvalue weighted by Crippen LogP contribution is 2.26. The molecule has 0 radical (unpaired) electrons. The van der Waals surface area contributed by atoms with Crippen molar-refractivity contribution < 1.29 is 4.79 Å². The number of carbonyl (C=O) groups is 1. The zero-order valence-electron chi connectivity index (χ0n) is 14.9. The number of aryl methyl sites for hydroxylation is 2. The van der Waals surface area contributed by atoms with Crippen molar-refractivity contribution in [2.75, 3.05) is 7.05 Å². The molecule has 0 fully saturated rings. The predicted octanol–water partition coefficient (Wildman–Crippen LogP) is 1.32. The van der Waals surface area contributed by atoms with Gasteiger partial charge in [0, 0.05) is 18.1 Å². The van der Waals surface area contributed by atoms with Crippen molar-refractivity contribution in [2.24, 2.45) is 0 Å². The molecule has 0 aliphatic rings. The van der Waals surface area contributed by atoms with E-state index in [1.165, 1.54) is 28.4 Å². The summed E-state index contributed by atoms with van der Waals surface area (Å²) in [5, 5.41) is 4.90. The lowest BCUT2D eigenvalue weighted by Crippen LogP contribution is -2.34. The number of aromatic amines is 1. The average Bonchev–Trinajstić information content (AvgIpc) is 3.22.